The molecule has 0 atom stereocenters. The number of amides is 1. The number of aliphatic hydroxyl groups is 1. The lowest BCUT2D eigenvalue weighted by molar-refractivity contribution is 0.0827. The van der Waals surface area contributed by atoms with E-state index in [0.717, 1.165) is 25.1 Å². The van der Waals surface area contributed by atoms with Crippen molar-refractivity contribution < 1.29 is 9.90 Å². The summed E-state index contributed by atoms with van der Waals surface area (Å²) < 4.78 is 0. The number of rotatable bonds is 5. The summed E-state index contributed by atoms with van der Waals surface area (Å²) in [6.07, 6.45) is 5.82. The lowest BCUT2D eigenvalue weighted by Gasteiger charge is -2.36. The Balaban J connectivity index is 2.02. The van der Waals surface area contributed by atoms with Crippen molar-refractivity contribution in [3.63, 3.8) is 0 Å². The molecule has 21 heavy (non-hydrogen) atoms. The zero-order valence-electron chi connectivity index (χ0n) is 13.1. The van der Waals surface area contributed by atoms with Crippen LogP contribution in [0.25, 0.3) is 0 Å². The van der Waals surface area contributed by atoms with Gasteiger partial charge in [-0.15, -0.1) is 0 Å². The van der Waals surface area contributed by atoms with Crippen molar-refractivity contribution in [2.24, 2.45) is 5.41 Å². The fourth-order valence-corrected chi connectivity index (χ4v) is 3.00. The van der Waals surface area contributed by atoms with Crippen molar-refractivity contribution in [3.05, 3.63) is 29.8 Å². The average Bonchev–Trinajstić information content (AvgIpc) is 2.53. The number of aliphatic hydroxyl groups excluding tert-OH is 1. The quantitative estimate of drug-likeness (QED) is 0.876. The standard InChI is InChI=1S/C17H26N2O2/c1-19(2)16(21)14-7-6-8-15(11-14)18-12-17(13-20)9-4-3-5-10-17/h6-8,11,18,20H,3-5,9-10,12-13H2,1-2H3. The van der Waals surface area contributed by atoms with Crippen LogP contribution in [-0.4, -0.2) is 43.2 Å². The van der Waals surface area contributed by atoms with E-state index in [1.807, 2.05) is 24.3 Å². The maximum absolute atomic E-state index is 12.0. The van der Waals surface area contributed by atoms with Crippen LogP contribution in [0.1, 0.15) is 42.5 Å². The van der Waals surface area contributed by atoms with E-state index in [1.54, 1.807) is 19.0 Å². The van der Waals surface area contributed by atoms with Gasteiger partial charge in [-0.05, 0) is 31.0 Å². The van der Waals surface area contributed by atoms with Crippen molar-refractivity contribution in [2.75, 3.05) is 32.6 Å². The molecular formula is C17H26N2O2. The SMILES string of the molecule is CN(C)C(=O)c1cccc(NCC2(CO)CCCCC2)c1. The van der Waals surface area contributed by atoms with E-state index in [-0.39, 0.29) is 17.9 Å². The molecule has 1 fully saturated rings. The van der Waals surface area contributed by atoms with Gasteiger partial charge in [0, 0.05) is 37.3 Å². The summed E-state index contributed by atoms with van der Waals surface area (Å²) in [5, 5.41) is 13.1. The number of benzene rings is 1. The molecule has 0 spiro atoms. The van der Waals surface area contributed by atoms with Crippen LogP contribution in [0.3, 0.4) is 0 Å². The Labute approximate surface area is 127 Å². The highest BCUT2D eigenvalue weighted by Crippen LogP contribution is 2.36. The van der Waals surface area contributed by atoms with E-state index in [1.165, 1.54) is 19.3 Å². The molecule has 2 rings (SSSR count). The normalized spacial score (nSPS) is 17.3. The van der Waals surface area contributed by atoms with Gasteiger partial charge in [-0.1, -0.05) is 25.3 Å². The molecule has 0 saturated heterocycles. The first-order valence-electron chi connectivity index (χ1n) is 7.73. The Kier molecular flexibility index (Phi) is 5.23. The predicted octanol–water partition coefficient (Wildman–Crippen LogP) is 2.74. The van der Waals surface area contributed by atoms with E-state index < -0.39 is 0 Å². The zero-order chi connectivity index (χ0) is 15.3. The van der Waals surface area contributed by atoms with E-state index in [0.29, 0.717) is 5.56 Å². The lowest BCUT2D eigenvalue weighted by atomic mass is 9.74. The minimum absolute atomic E-state index is 0.000187. The van der Waals surface area contributed by atoms with Crippen LogP contribution in [0.2, 0.25) is 0 Å². The maximum Gasteiger partial charge on any atom is 0.253 e. The largest absolute Gasteiger partial charge is 0.396 e. The Morgan fingerprint density at radius 3 is 2.62 bits per heavy atom. The van der Waals surface area contributed by atoms with Crippen LogP contribution in [0.5, 0.6) is 0 Å². The number of hydrogen-bond acceptors (Lipinski definition) is 3. The molecule has 1 aromatic carbocycles. The van der Waals surface area contributed by atoms with Crippen LogP contribution in [0, 0.1) is 5.41 Å². The van der Waals surface area contributed by atoms with Crippen LogP contribution >= 0.6 is 0 Å². The molecule has 1 saturated carbocycles. The highest BCUT2D eigenvalue weighted by atomic mass is 16.3. The molecule has 0 radical (unpaired) electrons. The minimum Gasteiger partial charge on any atom is -0.396 e. The fourth-order valence-electron chi connectivity index (χ4n) is 3.00. The molecule has 4 nitrogen and oxygen atoms in total. The fraction of sp³-hybridized carbons (Fsp3) is 0.588. The Hall–Kier alpha value is -1.55. The first-order chi connectivity index (χ1) is 10.1. The van der Waals surface area contributed by atoms with Crippen LogP contribution in [0.4, 0.5) is 5.69 Å². The second-order valence-corrected chi connectivity index (χ2v) is 6.35. The van der Waals surface area contributed by atoms with Gasteiger partial charge < -0.3 is 15.3 Å². The molecule has 1 aliphatic carbocycles. The average molecular weight is 290 g/mol. The summed E-state index contributed by atoms with van der Waals surface area (Å²) in [5.74, 6) is 0.00758. The number of anilines is 1. The zero-order valence-corrected chi connectivity index (χ0v) is 13.1. The topological polar surface area (TPSA) is 52.6 Å². The van der Waals surface area contributed by atoms with Gasteiger partial charge in [0.05, 0.1) is 6.61 Å². The van der Waals surface area contributed by atoms with Crippen molar-refractivity contribution in [3.8, 4) is 0 Å². The molecule has 2 N–H and O–H groups in total. The van der Waals surface area contributed by atoms with Crippen molar-refractivity contribution in [2.45, 2.75) is 32.1 Å². The van der Waals surface area contributed by atoms with Gasteiger partial charge in [0.1, 0.15) is 0 Å². The third-order valence-electron chi connectivity index (χ3n) is 4.43. The summed E-state index contributed by atoms with van der Waals surface area (Å²) in [6, 6.07) is 7.58. The van der Waals surface area contributed by atoms with Gasteiger partial charge >= 0.3 is 0 Å². The van der Waals surface area contributed by atoms with Gasteiger partial charge in [0.15, 0.2) is 0 Å². The van der Waals surface area contributed by atoms with Gasteiger partial charge in [-0.25, -0.2) is 0 Å². The van der Waals surface area contributed by atoms with Gasteiger partial charge in [-0.2, -0.15) is 0 Å². The summed E-state index contributed by atoms with van der Waals surface area (Å²) in [7, 11) is 3.51. The van der Waals surface area contributed by atoms with Crippen molar-refractivity contribution in [1.29, 1.82) is 0 Å². The van der Waals surface area contributed by atoms with Crippen LogP contribution in [0.15, 0.2) is 24.3 Å². The first kappa shape index (κ1) is 15.8. The van der Waals surface area contributed by atoms with Gasteiger partial charge in [0.25, 0.3) is 5.91 Å². The number of hydrogen-bond donors (Lipinski definition) is 2. The molecule has 1 aromatic rings. The van der Waals surface area contributed by atoms with E-state index in [9.17, 15) is 9.90 Å². The second-order valence-electron chi connectivity index (χ2n) is 6.35. The number of nitrogens with zero attached hydrogens (tertiary/aromatic N) is 1. The van der Waals surface area contributed by atoms with Gasteiger partial charge in [-0.3, -0.25) is 4.79 Å². The lowest BCUT2D eigenvalue weighted by Crippen LogP contribution is -2.35. The Bertz CT molecular complexity index is 479. The molecule has 0 aromatic heterocycles. The number of nitrogens with one attached hydrogen (secondary N) is 1. The third-order valence-corrected chi connectivity index (χ3v) is 4.43. The predicted molar refractivity (Wildman–Crippen MR) is 85.6 cm³/mol. The van der Waals surface area contributed by atoms with E-state index >= 15 is 0 Å². The highest BCUT2D eigenvalue weighted by molar-refractivity contribution is 5.94. The van der Waals surface area contributed by atoms with E-state index in [2.05, 4.69) is 5.32 Å². The number of carbonyl (C=O) groups is 1. The Morgan fingerprint density at radius 2 is 2.00 bits per heavy atom. The molecule has 4 heteroatoms. The Morgan fingerprint density at radius 1 is 1.29 bits per heavy atom. The van der Waals surface area contributed by atoms with Gasteiger partial charge in [0.2, 0.25) is 0 Å². The van der Waals surface area contributed by atoms with Crippen LogP contribution in [-0.2, 0) is 0 Å². The van der Waals surface area contributed by atoms with Crippen molar-refractivity contribution >= 4 is 11.6 Å². The monoisotopic (exact) mass is 290 g/mol. The summed E-state index contributed by atoms with van der Waals surface area (Å²) in [6.45, 7) is 0.999. The summed E-state index contributed by atoms with van der Waals surface area (Å²) >= 11 is 0. The molecular weight excluding hydrogens is 264 g/mol. The number of carbonyl (C=O) groups excluding carboxylic acids is 1. The molecule has 0 bridgehead atoms. The molecule has 0 aliphatic heterocycles. The smallest absolute Gasteiger partial charge is 0.253 e. The summed E-state index contributed by atoms with van der Waals surface area (Å²) in [5.41, 5.74) is 1.63. The third kappa shape index (κ3) is 3.97. The molecule has 0 heterocycles. The highest BCUT2D eigenvalue weighted by Gasteiger charge is 2.31. The first-order valence-corrected chi connectivity index (χ1v) is 7.73. The molecule has 1 amide bonds. The molecule has 116 valence electrons. The van der Waals surface area contributed by atoms with Crippen LogP contribution < -0.4 is 5.32 Å². The second kappa shape index (κ2) is 6.94. The molecule has 0 unspecified atom stereocenters. The minimum atomic E-state index is -0.000187. The molecule has 1 aliphatic rings. The van der Waals surface area contributed by atoms with E-state index in [4.69, 9.17) is 0 Å². The maximum atomic E-state index is 12.0. The summed E-state index contributed by atoms with van der Waals surface area (Å²) in [4.78, 5) is 13.6. The van der Waals surface area contributed by atoms with Crippen molar-refractivity contribution in [1.82, 2.24) is 4.90 Å².